The van der Waals surface area contributed by atoms with E-state index in [-0.39, 0.29) is 0 Å². The Kier molecular flexibility index (Phi) is 3.59. The third-order valence-corrected chi connectivity index (χ3v) is 2.57. The second-order valence-electron chi connectivity index (χ2n) is 3.98. The van der Waals surface area contributed by atoms with Gasteiger partial charge in [-0.25, -0.2) is 0 Å². The molecular formula is C15H12N2O3. The van der Waals surface area contributed by atoms with E-state index in [1.54, 1.807) is 49.4 Å². The van der Waals surface area contributed by atoms with E-state index in [0.717, 1.165) is 0 Å². The first kappa shape index (κ1) is 12.2. The van der Waals surface area contributed by atoms with Crippen molar-refractivity contribution in [1.29, 1.82) is 0 Å². The highest BCUT2D eigenvalue weighted by molar-refractivity contribution is 5.77. The molecule has 20 heavy (non-hydrogen) atoms. The fourth-order valence-electron chi connectivity index (χ4n) is 1.64. The molecule has 0 saturated carbocycles. The van der Waals surface area contributed by atoms with Gasteiger partial charge in [-0.15, -0.1) is 0 Å². The van der Waals surface area contributed by atoms with E-state index in [2.05, 4.69) is 9.98 Å². The quantitative estimate of drug-likeness (QED) is 0.663. The summed E-state index contributed by atoms with van der Waals surface area (Å²) in [5.41, 5.74) is 0. The Hall–Kier alpha value is -2.82. The van der Waals surface area contributed by atoms with E-state index in [4.69, 9.17) is 13.3 Å². The molecule has 0 N–H and O–H groups in total. The second-order valence-corrected chi connectivity index (χ2v) is 3.98. The summed E-state index contributed by atoms with van der Waals surface area (Å²) in [5.74, 6) is 1.97. The molecule has 0 bridgehead atoms. The minimum atomic E-state index is -0.472. The zero-order chi connectivity index (χ0) is 13.6. The van der Waals surface area contributed by atoms with Crippen molar-refractivity contribution in [2.75, 3.05) is 0 Å². The average Bonchev–Trinajstić information content (AvgIpc) is 3.22. The van der Waals surface area contributed by atoms with Gasteiger partial charge in [0.05, 0.1) is 31.2 Å². The van der Waals surface area contributed by atoms with Crippen molar-refractivity contribution in [2.24, 2.45) is 9.98 Å². The van der Waals surface area contributed by atoms with Gasteiger partial charge in [0, 0.05) is 0 Å². The van der Waals surface area contributed by atoms with Crippen LogP contribution in [0.2, 0.25) is 0 Å². The maximum absolute atomic E-state index is 5.35. The first-order valence-corrected chi connectivity index (χ1v) is 6.08. The summed E-state index contributed by atoms with van der Waals surface area (Å²) in [4.78, 5) is 8.71. The molecule has 0 atom stereocenters. The number of furan rings is 3. The van der Waals surface area contributed by atoms with Crippen molar-refractivity contribution in [3.05, 3.63) is 72.5 Å². The summed E-state index contributed by atoms with van der Waals surface area (Å²) in [7, 11) is 0. The van der Waals surface area contributed by atoms with Crippen molar-refractivity contribution in [3.8, 4) is 0 Å². The van der Waals surface area contributed by atoms with Gasteiger partial charge in [-0.1, -0.05) is 0 Å². The number of hydrogen-bond donors (Lipinski definition) is 0. The van der Waals surface area contributed by atoms with Crippen LogP contribution in [0, 0.1) is 0 Å². The largest absolute Gasteiger partial charge is 0.465 e. The van der Waals surface area contributed by atoms with Crippen LogP contribution in [0.4, 0.5) is 0 Å². The Morgan fingerprint density at radius 1 is 0.750 bits per heavy atom. The van der Waals surface area contributed by atoms with Crippen LogP contribution in [0.25, 0.3) is 0 Å². The second kappa shape index (κ2) is 5.88. The summed E-state index contributed by atoms with van der Waals surface area (Å²) < 4.78 is 15.7. The lowest BCUT2D eigenvalue weighted by Crippen LogP contribution is -1.92. The summed E-state index contributed by atoms with van der Waals surface area (Å²) >= 11 is 0. The zero-order valence-electron chi connectivity index (χ0n) is 10.5. The van der Waals surface area contributed by atoms with Crippen LogP contribution in [-0.4, -0.2) is 12.4 Å². The molecule has 0 aliphatic carbocycles. The monoisotopic (exact) mass is 268 g/mol. The molecule has 3 heterocycles. The van der Waals surface area contributed by atoms with Crippen LogP contribution < -0.4 is 0 Å². The SMILES string of the molecule is C(=N/C(/N=C\c1ccco1)c1ccco1)/c1ccco1. The van der Waals surface area contributed by atoms with Gasteiger partial charge >= 0.3 is 0 Å². The molecule has 0 aromatic carbocycles. The molecule has 0 spiro atoms. The third-order valence-electron chi connectivity index (χ3n) is 2.57. The predicted molar refractivity (Wildman–Crippen MR) is 74.1 cm³/mol. The smallest absolute Gasteiger partial charge is 0.197 e. The Morgan fingerprint density at radius 2 is 1.30 bits per heavy atom. The molecule has 0 radical (unpaired) electrons. The standard InChI is InChI=1S/C15H12N2O3/c1-4-12(18-7-1)10-16-15(14-6-3-9-20-14)17-11-13-5-2-8-19-13/h1-11,15H/b16-10-,17-11-. The molecule has 0 aliphatic rings. The Labute approximate surface area is 115 Å². The van der Waals surface area contributed by atoms with E-state index in [0.29, 0.717) is 17.3 Å². The van der Waals surface area contributed by atoms with Crippen LogP contribution in [0.1, 0.15) is 23.4 Å². The van der Waals surface area contributed by atoms with Gasteiger partial charge < -0.3 is 13.3 Å². The molecule has 3 aromatic rings. The first-order valence-electron chi connectivity index (χ1n) is 6.08. The summed E-state index contributed by atoms with van der Waals surface area (Å²) in [6.45, 7) is 0. The lowest BCUT2D eigenvalue weighted by atomic mass is 10.3. The first-order chi connectivity index (χ1) is 9.92. The van der Waals surface area contributed by atoms with Crippen LogP contribution in [0.3, 0.4) is 0 Å². The Balaban J connectivity index is 1.81. The molecule has 0 saturated heterocycles. The molecule has 0 fully saturated rings. The van der Waals surface area contributed by atoms with Gasteiger partial charge in [0.2, 0.25) is 0 Å². The fraction of sp³-hybridized carbons (Fsp3) is 0.0667. The fourth-order valence-corrected chi connectivity index (χ4v) is 1.64. The van der Waals surface area contributed by atoms with Crippen LogP contribution in [-0.2, 0) is 0 Å². The maximum atomic E-state index is 5.35. The molecule has 5 nitrogen and oxygen atoms in total. The van der Waals surface area contributed by atoms with Crippen molar-refractivity contribution in [2.45, 2.75) is 6.17 Å². The average molecular weight is 268 g/mol. The summed E-state index contributed by atoms with van der Waals surface area (Å²) in [5, 5.41) is 0. The van der Waals surface area contributed by atoms with Gasteiger partial charge in [-0.05, 0) is 36.4 Å². The van der Waals surface area contributed by atoms with E-state index < -0.39 is 6.17 Å². The molecule has 5 heteroatoms. The third kappa shape index (κ3) is 2.95. The number of nitrogens with zero attached hydrogens (tertiary/aromatic N) is 2. The molecule has 3 aromatic heterocycles. The van der Waals surface area contributed by atoms with Crippen molar-refractivity contribution < 1.29 is 13.3 Å². The normalized spacial score (nSPS) is 12.1. The highest BCUT2D eigenvalue weighted by atomic mass is 16.3. The van der Waals surface area contributed by atoms with Crippen molar-refractivity contribution in [3.63, 3.8) is 0 Å². The highest BCUT2D eigenvalue weighted by Gasteiger charge is 2.10. The van der Waals surface area contributed by atoms with Gasteiger partial charge in [-0.3, -0.25) is 9.98 Å². The van der Waals surface area contributed by atoms with Crippen LogP contribution >= 0.6 is 0 Å². The van der Waals surface area contributed by atoms with Gasteiger partial charge in [-0.2, -0.15) is 0 Å². The van der Waals surface area contributed by atoms with Gasteiger partial charge in [0.25, 0.3) is 0 Å². The summed E-state index contributed by atoms with van der Waals surface area (Å²) in [6, 6.07) is 10.9. The zero-order valence-corrected chi connectivity index (χ0v) is 10.5. The predicted octanol–water partition coefficient (Wildman–Crippen LogP) is 3.70. The number of aliphatic imine (C=N–C) groups is 2. The molecular weight excluding hydrogens is 256 g/mol. The van der Waals surface area contributed by atoms with Crippen molar-refractivity contribution in [1.82, 2.24) is 0 Å². The van der Waals surface area contributed by atoms with E-state index in [1.807, 2.05) is 18.2 Å². The Bertz CT molecular complexity index is 621. The highest BCUT2D eigenvalue weighted by Crippen LogP contribution is 2.19. The topological polar surface area (TPSA) is 64.1 Å². The molecule has 3 rings (SSSR count). The van der Waals surface area contributed by atoms with E-state index in [9.17, 15) is 0 Å². The number of hydrogen-bond acceptors (Lipinski definition) is 5. The Morgan fingerprint density at radius 3 is 1.75 bits per heavy atom. The minimum Gasteiger partial charge on any atom is -0.465 e. The van der Waals surface area contributed by atoms with Crippen LogP contribution in [0.5, 0.6) is 0 Å². The molecule has 0 aliphatic heterocycles. The molecule has 0 amide bonds. The lowest BCUT2D eigenvalue weighted by Gasteiger charge is -2.02. The molecule has 100 valence electrons. The maximum Gasteiger partial charge on any atom is 0.197 e. The van der Waals surface area contributed by atoms with Gasteiger partial charge in [0.1, 0.15) is 17.3 Å². The lowest BCUT2D eigenvalue weighted by molar-refractivity contribution is 0.474. The van der Waals surface area contributed by atoms with Crippen LogP contribution in [0.15, 0.2) is 78.4 Å². The minimum absolute atomic E-state index is 0.472. The van der Waals surface area contributed by atoms with E-state index in [1.165, 1.54) is 0 Å². The van der Waals surface area contributed by atoms with E-state index >= 15 is 0 Å². The van der Waals surface area contributed by atoms with Gasteiger partial charge in [0.15, 0.2) is 6.17 Å². The van der Waals surface area contributed by atoms with Crippen molar-refractivity contribution >= 4 is 12.4 Å². The summed E-state index contributed by atoms with van der Waals surface area (Å²) in [6.07, 6.45) is 7.54. The molecule has 0 unspecified atom stereocenters. The number of rotatable bonds is 5.